The first-order valence-corrected chi connectivity index (χ1v) is 7.29. The Kier molecular flexibility index (Phi) is 5.40. The second-order valence-electron chi connectivity index (χ2n) is 5.11. The van der Waals surface area contributed by atoms with Crippen LogP contribution in [-0.4, -0.2) is 25.5 Å². The highest BCUT2D eigenvalue weighted by Gasteiger charge is 2.21. The van der Waals surface area contributed by atoms with Crippen LogP contribution >= 0.6 is 0 Å². The predicted molar refractivity (Wildman–Crippen MR) is 76.8 cm³/mol. The molecule has 0 saturated carbocycles. The quantitative estimate of drug-likeness (QED) is 0.632. The summed E-state index contributed by atoms with van der Waals surface area (Å²) in [5.74, 6) is 1.32. The molecular formula is C16H23NO2. The molecule has 0 radical (unpaired) electrons. The van der Waals surface area contributed by atoms with Gasteiger partial charge in [0.25, 0.3) is 0 Å². The molecule has 19 heavy (non-hydrogen) atoms. The van der Waals surface area contributed by atoms with Crippen molar-refractivity contribution in [3.8, 4) is 5.75 Å². The Hall–Kier alpha value is -1.35. The summed E-state index contributed by atoms with van der Waals surface area (Å²) in [6.45, 7) is 4.80. The van der Waals surface area contributed by atoms with Gasteiger partial charge in [0, 0.05) is 11.5 Å². The van der Waals surface area contributed by atoms with E-state index in [9.17, 15) is 4.79 Å². The topological polar surface area (TPSA) is 38.3 Å². The molecule has 2 rings (SSSR count). The molecule has 1 aromatic rings. The van der Waals surface area contributed by atoms with E-state index in [0.29, 0.717) is 0 Å². The summed E-state index contributed by atoms with van der Waals surface area (Å²) in [6, 6.07) is 7.60. The van der Waals surface area contributed by atoms with Crippen LogP contribution in [0.1, 0.15) is 43.0 Å². The van der Waals surface area contributed by atoms with E-state index in [0.717, 1.165) is 56.7 Å². The van der Waals surface area contributed by atoms with Gasteiger partial charge in [0.2, 0.25) is 0 Å². The van der Waals surface area contributed by atoms with Gasteiger partial charge in [-0.15, -0.1) is 0 Å². The van der Waals surface area contributed by atoms with Crippen molar-refractivity contribution in [2.45, 2.75) is 32.6 Å². The number of carbonyl (C=O) groups excluding carboxylic acids is 1. The van der Waals surface area contributed by atoms with Gasteiger partial charge in [-0.05, 0) is 56.6 Å². The lowest BCUT2D eigenvalue weighted by molar-refractivity contribution is 0.0895. The number of carbonyl (C=O) groups is 1. The number of unbranched alkanes of at least 4 members (excludes halogenated alkanes) is 1. The van der Waals surface area contributed by atoms with Gasteiger partial charge in [0.1, 0.15) is 5.75 Å². The highest BCUT2D eigenvalue weighted by Crippen LogP contribution is 2.20. The van der Waals surface area contributed by atoms with E-state index < -0.39 is 0 Å². The lowest BCUT2D eigenvalue weighted by atomic mass is 9.90. The predicted octanol–water partition coefficient (Wildman–Crippen LogP) is 3.05. The molecule has 0 unspecified atom stereocenters. The standard InChI is InChI=1S/C16H23NO2/c1-2-3-12-19-15-6-4-13(5-7-15)16(18)14-8-10-17-11-9-14/h4-7,14,17H,2-3,8-12H2,1H3. The van der Waals surface area contributed by atoms with Gasteiger partial charge >= 0.3 is 0 Å². The third kappa shape index (κ3) is 4.06. The number of hydrogen-bond donors (Lipinski definition) is 1. The molecule has 1 aromatic carbocycles. The second kappa shape index (κ2) is 7.29. The fraction of sp³-hybridized carbons (Fsp3) is 0.562. The van der Waals surface area contributed by atoms with Crippen molar-refractivity contribution in [2.24, 2.45) is 5.92 Å². The second-order valence-corrected chi connectivity index (χ2v) is 5.11. The first-order chi connectivity index (χ1) is 9.31. The zero-order valence-electron chi connectivity index (χ0n) is 11.7. The fourth-order valence-corrected chi connectivity index (χ4v) is 2.37. The van der Waals surface area contributed by atoms with Crippen LogP contribution in [0.4, 0.5) is 0 Å². The molecule has 0 amide bonds. The number of rotatable bonds is 6. The summed E-state index contributed by atoms with van der Waals surface area (Å²) < 4.78 is 5.61. The van der Waals surface area contributed by atoms with Crippen molar-refractivity contribution in [1.82, 2.24) is 5.32 Å². The minimum absolute atomic E-state index is 0.188. The van der Waals surface area contributed by atoms with E-state index in [1.165, 1.54) is 0 Å². The van der Waals surface area contributed by atoms with Crippen molar-refractivity contribution < 1.29 is 9.53 Å². The van der Waals surface area contributed by atoms with Gasteiger partial charge < -0.3 is 10.1 Å². The third-order valence-corrected chi connectivity index (χ3v) is 3.62. The molecule has 0 aromatic heterocycles. The van der Waals surface area contributed by atoms with Crippen LogP contribution in [0.5, 0.6) is 5.75 Å². The van der Waals surface area contributed by atoms with Crippen molar-refractivity contribution in [2.75, 3.05) is 19.7 Å². The Morgan fingerprint density at radius 1 is 1.26 bits per heavy atom. The smallest absolute Gasteiger partial charge is 0.166 e. The Morgan fingerprint density at radius 2 is 1.95 bits per heavy atom. The van der Waals surface area contributed by atoms with Gasteiger partial charge in [0.15, 0.2) is 5.78 Å². The molecule has 1 fully saturated rings. The van der Waals surface area contributed by atoms with E-state index in [4.69, 9.17) is 4.74 Å². The molecule has 1 aliphatic heterocycles. The normalized spacial score (nSPS) is 16.3. The first-order valence-electron chi connectivity index (χ1n) is 7.29. The van der Waals surface area contributed by atoms with Crippen molar-refractivity contribution in [1.29, 1.82) is 0 Å². The summed E-state index contributed by atoms with van der Waals surface area (Å²) >= 11 is 0. The van der Waals surface area contributed by atoms with E-state index in [1.807, 2.05) is 24.3 Å². The van der Waals surface area contributed by atoms with Crippen LogP contribution in [0.3, 0.4) is 0 Å². The molecule has 0 aliphatic carbocycles. The van der Waals surface area contributed by atoms with Crippen LogP contribution in [0.15, 0.2) is 24.3 Å². The molecule has 0 atom stereocenters. The van der Waals surface area contributed by atoms with E-state index in [-0.39, 0.29) is 11.7 Å². The lowest BCUT2D eigenvalue weighted by Crippen LogP contribution is -2.31. The van der Waals surface area contributed by atoms with Crippen LogP contribution in [-0.2, 0) is 0 Å². The average molecular weight is 261 g/mol. The summed E-state index contributed by atoms with van der Waals surface area (Å²) in [5, 5.41) is 3.29. The average Bonchev–Trinajstić information content (AvgIpc) is 2.48. The molecular weight excluding hydrogens is 238 g/mol. The largest absolute Gasteiger partial charge is 0.494 e. The zero-order chi connectivity index (χ0) is 13.5. The maximum Gasteiger partial charge on any atom is 0.166 e. The summed E-state index contributed by atoms with van der Waals surface area (Å²) in [5.41, 5.74) is 0.815. The van der Waals surface area contributed by atoms with Gasteiger partial charge in [-0.25, -0.2) is 0 Å². The number of piperidine rings is 1. The molecule has 3 nitrogen and oxygen atoms in total. The Bertz CT molecular complexity index is 394. The maximum absolute atomic E-state index is 12.3. The van der Waals surface area contributed by atoms with E-state index in [1.54, 1.807) is 0 Å². The number of hydrogen-bond acceptors (Lipinski definition) is 3. The molecule has 0 bridgehead atoms. The van der Waals surface area contributed by atoms with Crippen LogP contribution in [0.25, 0.3) is 0 Å². The van der Waals surface area contributed by atoms with Gasteiger partial charge in [-0.2, -0.15) is 0 Å². The summed E-state index contributed by atoms with van der Waals surface area (Å²) in [7, 11) is 0. The monoisotopic (exact) mass is 261 g/mol. The first kappa shape index (κ1) is 14.1. The molecule has 1 heterocycles. The van der Waals surface area contributed by atoms with E-state index in [2.05, 4.69) is 12.2 Å². The number of ether oxygens (including phenoxy) is 1. The summed E-state index contributed by atoms with van der Waals surface area (Å²) in [6.07, 6.45) is 4.10. The SMILES string of the molecule is CCCCOc1ccc(C(=O)C2CCNCC2)cc1. The van der Waals surface area contributed by atoms with Gasteiger partial charge in [0.05, 0.1) is 6.61 Å². The van der Waals surface area contributed by atoms with Gasteiger partial charge in [-0.3, -0.25) is 4.79 Å². The third-order valence-electron chi connectivity index (χ3n) is 3.62. The lowest BCUT2D eigenvalue weighted by Gasteiger charge is -2.21. The fourth-order valence-electron chi connectivity index (χ4n) is 2.37. The molecule has 1 saturated heterocycles. The molecule has 3 heteroatoms. The number of Topliss-reactive ketones (excluding diaryl/α,β-unsaturated/α-hetero) is 1. The zero-order valence-corrected chi connectivity index (χ0v) is 11.7. The number of nitrogens with one attached hydrogen (secondary N) is 1. The molecule has 0 spiro atoms. The maximum atomic E-state index is 12.3. The highest BCUT2D eigenvalue weighted by molar-refractivity contribution is 5.98. The molecule has 1 N–H and O–H groups in total. The Labute approximate surface area is 115 Å². The number of ketones is 1. The van der Waals surface area contributed by atoms with Crippen LogP contribution in [0.2, 0.25) is 0 Å². The van der Waals surface area contributed by atoms with Crippen molar-refractivity contribution in [3.63, 3.8) is 0 Å². The van der Waals surface area contributed by atoms with Crippen LogP contribution < -0.4 is 10.1 Å². The highest BCUT2D eigenvalue weighted by atomic mass is 16.5. The Morgan fingerprint density at radius 3 is 2.58 bits per heavy atom. The van der Waals surface area contributed by atoms with Gasteiger partial charge in [-0.1, -0.05) is 13.3 Å². The number of benzene rings is 1. The van der Waals surface area contributed by atoms with E-state index >= 15 is 0 Å². The van der Waals surface area contributed by atoms with Crippen molar-refractivity contribution >= 4 is 5.78 Å². The van der Waals surface area contributed by atoms with Crippen molar-refractivity contribution in [3.05, 3.63) is 29.8 Å². The minimum atomic E-state index is 0.188. The molecule has 104 valence electrons. The summed E-state index contributed by atoms with van der Waals surface area (Å²) in [4.78, 5) is 12.3. The Balaban J connectivity index is 1.91. The molecule has 1 aliphatic rings. The van der Waals surface area contributed by atoms with Crippen LogP contribution in [0, 0.1) is 5.92 Å². The minimum Gasteiger partial charge on any atom is -0.494 e.